The summed E-state index contributed by atoms with van der Waals surface area (Å²) in [5.41, 5.74) is 3.44. The molecular weight excluding hydrogens is 302 g/mol. The molecule has 3 N–H and O–H groups in total. The summed E-state index contributed by atoms with van der Waals surface area (Å²) in [4.78, 5) is 13.3. The van der Waals surface area contributed by atoms with Crippen molar-refractivity contribution in [3.63, 3.8) is 0 Å². The molecule has 0 spiro atoms. The number of halogens is 1. The van der Waals surface area contributed by atoms with Gasteiger partial charge in [-0.1, -0.05) is 0 Å². The second-order valence-corrected chi connectivity index (χ2v) is 6.42. The standard InChI is InChI=1S/C11H18BrN3OS/c1-8(3-4-11(16)14-13)15(2)6-9-5-10(12)17-7-9/h5,7-8H,3-4,6,13H2,1-2H3,(H,14,16). The predicted octanol–water partition coefficient (Wildman–Crippen LogP) is 2.10. The number of hydrogen-bond acceptors (Lipinski definition) is 4. The van der Waals surface area contributed by atoms with Crippen molar-refractivity contribution in [1.29, 1.82) is 0 Å². The summed E-state index contributed by atoms with van der Waals surface area (Å²) in [6, 6.07) is 2.48. The first-order valence-electron chi connectivity index (χ1n) is 5.45. The van der Waals surface area contributed by atoms with E-state index in [1.54, 1.807) is 11.3 Å². The van der Waals surface area contributed by atoms with Gasteiger partial charge >= 0.3 is 0 Å². The number of hydrogen-bond donors (Lipinski definition) is 2. The van der Waals surface area contributed by atoms with E-state index in [0.29, 0.717) is 12.5 Å². The fourth-order valence-electron chi connectivity index (χ4n) is 1.51. The minimum atomic E-state index is -0.108. The Morgan fingerprint density at radius 1 is 1.71 bits per heavy atom. The summed E-state index contributed by atoms with van der Waals surface area (Å²) in [6.07, 6.45) is 1.28. The van der Waals surface area contributed by atoms with Crippen LogP contribution in [0, 0.1) is 0 Å². The highest BCUT2D eigenvalue weighted by Gasteiger charge is 2.12. The minimum absolute atomic E-state index is 0.108. The van der Waals surface area contributed by atoms with Gasteiger partial charge in [0.1, 0.15) is 0 Å². The van der Waals surface area contributed by atoms with Gasteiger partial charge in [-0.15, -0.1) is 11.3 Å². The minimum Gasteiger partial charge on any atom is -0.299 e. The van der Waals surface area contributed by atoms with Crippen LogP contribution in [0.3, 0.4) is 0 Å². The highest BCUT2D eigenvalue weighted by molar-refractivity contribution is 9.11. The summed E-state index contributed by atoms with van der Waals surface area (Å²) in [5.74, 6) is 4.94. The number of hydrazine groups is 1. The van der Waals surface area contributed by atoms with Crippen LogP contribution in [0.25, 0.3) is 0 Å². The van der Waals surface area contributed by atoms with Crippen LogP contribution in [0.4, 0.5) is 0 Å². The maximum atomic E-state index is 11.0. The van der Waals surface area contributed by atoms with Crippen LogP contribution in [-0.2, 0) is 11.3 Å². The van der Waals surface area contributed by atoms with E-state index in [1.165, 1.54) is 5.56 Å². The number of thiophene rings is 1. The number of amides is 1. The Bertz CT molecular complexity index is 369. The van der Waals surface area contributed by atoms with Crippen LogP contribution in [-0.4, -0.2) is 23.9 Å². The van der Waals surface area contributed by atoms with Gasteiger partial charge in [0, 0.05) is 19.0 Å². The van der Waals surface area contributed by atoms with Crippen molar-refractivity contribution in [2.75, 3.05) is 7.05 Å². The Kier molecular flexibility index (Phi) is 6.11. The van der Waals surface area contributed by atoms with Crippen molar-refractivity contribution >= 4 is 33.2 Å². The SMILES string of the molecule is CC(CCC(=O)NN)N(C)Cc1csc(Br)c1. The van der Waals surface area contributed by atoms with Gasteiger partial charge < -0.3 is 0 Å². The highest BCUT2D eigenvalue weighted by atomic mass is 79.9. The molecule has 17 heavy (non-hydrogen) atoms. The largest absolute Gasteiger partial charge is 0.299 e. The molecule has 1 aromatic rings. The van der Waals surface area contributed by atoms with Crippen LogP contribution in [0.15, 0.2) is 15.2 Å². The molecule has 1 unspecified atom stereocenters. The van der Waals surface area contributed by atoms with Crippen LogP contribution in [0.1, 0.15) is 25.3 Å². The average Bonchev–Trinajstić information content (AvgIpc) is 2.70. The second-order valence-electron chi connectivity index (χ2n) is 4.13. The summed E-state index contributed by atoms with van der Waals surface area (Å²) in [6.45, 7) is 3.01. The maximum Gasteiger partial charge on any atom is 0.233 e. The van der Waals surface area contributed by atoms with Gasteiger partial charge in [0.15, 0.2) is 0 Å². The van der Waals surface area contributed by atoms with Gasteiger partial charge in [0.05, 0.1) is 3.79 Å². The van der Waals surface area contributed by atoms with Gasteiger partial charge in [-0.3, -0.25) is 15.1 Å². The normalized spacial score (nSPS) is 12.8. The molecule has 1 amide bonds. The van der Waals surface area contributed by atoms with Crippen LogP contribution in [0.5, 0.6) is 0 Å². The molecule has 1 atom stereocenters. The molecule has 0 aliphatic heterocycles. The topological polar surface area (TPSA) is 58.4 Å². The van der Waals surface area contributed by atoms with E-state index in [4.69, 9.17) is 5.84 Å². The molecule has 0 saturated heterocycles. The zero-order valence-electron chi connectivity index (χ0n) is 10.1. The van der Waals surface area contributed by atoms with Crippen molar-refractivity contribution in [2.45, 2.75) is 32.4 Å². The van der Waals surface area contributed by atoms with E-state index in [2.05, 4.69) is 51.7 Å². The van der Waals surface area contributed by atoms with Crippen molar-refractivity contribution in [3.05, 3.63) is 20.8 Å². The molecule has 0 bridgehead atoms. The molecule has 6 heteroatoms. The fraction of sp³-hybridized carbons (Fsp3) is 0.545. The number of carbonyl (C=O) groups excluding carboxylic acids is 1. The van der Waals surface area contributed by atoms with Gasteiger partial charge in [-0.2, -0.15) is 0 Å². The molecule has 1 heterocycles. The van der Waals surface area contributed by atoms with Gasteiger partial charge in [0.25, 0.3) is 0 Å². The number of carbonyl (C=O) groups is 1. The first-order chi connectivity index (χ1) is 8.02. The molecule has 1 rings (SSSR count). The van der Waals surface area contributed by atoms with E-state index in [-0.39, 0.29) is 5.91 Å². The Morgan fingerprint density at radius 3 is 2.94 bits per heavy atom. The third-order valence-electron chi connectivity index (χ3n) is 2.76. The van der Waals surface area contributed by atoms with Crippen LogP contribution in [0.2, 0.25) is 0 Å². The molecule has 0 fully saturated rings. The molecule has 96 valence electrons. The molecule has 0 radical (unpaired) electrons. The monoisotopic (exact) mass is 319 g/mol. The molecule has 0 saturated carbocycles. The molecule has 1 aromatic heterocycles. The van der Waals surface area contributed by atoms with E-state index in [0.717, 1.165) is 16.8 Å². The lowest BCUT2D eigenvalue weighted by Gasteiger charge is -2.23. The number of nitrogens with one attached hydrogen (secondary N) is 1. The third kappa shape index (κ3) is 5.16. The lowest BCUT2D eigenvalue weighted by atomic mass is 10.1. The first-order valence-corrected chi connectivity index (χ1v) is 7.12. The van der Waals surface area contributed by atoms with Crippen LogP contribution >= 0.6 is 27.3 Å². The highest BCUT2D eigenvalue weighted by Crippen LogP contribution is 2.22. The van der Waals surface area contributed by atoms with E-state index >= 15 is 0 Å². The van der Waals surface area contributed by atoms with E-state index in [1.807, 2.05) is 0 Å². The number of rotatable bonds is 6. The Morgan fingerprint density at radius 2 is 2.41 bits per heavy atom. The lowest BCUT2D eigenvalue weighted by Crippen LogP contribution is -2.33. The quantitative estimate of drug-likeness (QED) is 0.479. The average molecular weight is 320 g/mol. The molecule has 4 nitrogen and oxygen atoms in total. The predicted molar refractivity (Wildman–Crippen MR) is 74.5 cm³/mol. The first kappa shape index (κ1) is 14.6. The van der Waals surface area contributed by atoms with Crippen molar-refractivity contribution < 1.29 is 4.79 Å². The second kappa shape index (κ2) is 7.10. The zero-order valence-corrected chi connectivity index (χ0v) is 12.5. The number of nitrogens with zero attached hydrogens (tertiary/aromatic N) is 1. The fourth-order valence-corrected chi connectivity index (χ4v) is 2.71. The van der Waals surface area contributed by atoms with Gasteiger partial charge in [0.2, 0.25) is 5.91 Å². The summed E-state index contributed by atoms with van der Waals surface area (Å²) >= 11 is 5.14. The zero-order chi connectivity index (χ0) is 12.8. The molecule has 0 aliphatic carbocycles. The Hall–Kier alpha value is -0.430. The van der Waals surface area contributed by atoms with E-state index in [9.17, 15) is 4.79 Å². The van der Waals surface area contributed by atoms with Crippen molar-refractivity contribution in [2.24, 2.45) is 5.84 Å². The summed E-state index contributed by atoms with van der Waals surface area (Å²) < 4.78 is 1.15. The molecule has 0 aromatic carbocycles. The molecule has 0 aliphatic rings. The summed E-state index contributed by atoms with van der Waals surface area (Å²) in [7, 11) is 2.07. The van der Waals surface area contributed by atoms with Crippen LogP contribution < -0.4 is 11.3 Å². The number of nitrogens with two attached hydrogens (primary N) is 1. The molecular formula is C11H18BrN3OS. The smallest absolute Gasteiger partial charge is 0.233 e. The third-order valence-corrected chi connectivity index (χ3v) is 4.31. The van der Waals surface area contributed by atoms with Crippen molar-refractivity contribution in [1.82, 2.24) is 10.3 Å². The lowest BCUT2D eigenvalue weighted by molar-refractivity contribution is -0.121. The maximum absolute atomic E-state index is 11.0. The summed E-state index contributed by atoms with van der Waals surface area (Å²) in [5, 5.41) is 2.14. The Labute approximate surface area is 114 Å². The van der Waals surface area contributed by atoms with Gasteiger partial charge in [-0.25, -0.2) is 5.84 Å². The van der Waals surface area contributed by atoms with Crippen molar-refractivity contribution in [3.8, 4) is 0 Å². The Balaban J connectivity index is 2.36. The van der Waals surface area contributed by atoms with E-state index < -0.39 is 0 Å². The van der Waals surface area contributed by atoms with Gasteiger partial charge in [-0.05, 0) is 53.3 Å².